The number of hydrogen-bond donors (Lipinski definition) is 1. The van der Waals surface area contributed by atoms with Crippen LogP contribution >= 0.6 is 0 Å². The fourth-order valence-electron chi connectivity index (χ4n) is 2.71. The van der Waals surface area contributed by atoms with E-state index in [0.717, 1.165) is 16.6 Å². The molecule has 7 nitrogen and oxygen atoms in total. The number of ether oxygens (including phenoxy) is 1. The number of nitrogens with zero attached hydrogens (tertiary/aromatic N) is 3. The molecule has 0 aliphatic carbocycles. The van der Waals surface area contributed by atoms with Crippen molar-refractivity contribution in [2.75, 3.05) is 6.54 Å². The lowest BCUT2D eigenvalue weighted by Gasteiger charge is -2.10. The third-order valence-corrected chi connectivity index (χ3v) is 4.13. The Kier molecular flexibility index (Phi) is 5.49. The summed E-state index contributed by atoms with van der Waals surface area (Å²) in [6, 6.07) is 11.3. The summed E-state index contributed by atoms with van der Waals surface area (Å²) in [5.74, 6) is -0.859. The zero-order chi connectivity index (χ0) is 19.4. The lowest BCUT2D eigenvalue weighted by atomic mass is 10.1. The molecule has 3 aromatic rings. The Labute approximate surface area is 157 Å². The average Bonchev–Trinajstić information content (AvgIpc) is 3.07. The highest BCUT2D eigenvalue weighted by atomic mass is 16.5. The molecule has 0 saturated carbocycles. The molecule has 0 fully saturated rings. The van der Waals surface area contributed by atoms with Gasteiger partial charge in [-0.3, -0.25) is 9.59 Å². The number of carbonyl (C=O) groups is 2. The monoisotopic (exact) mass is 366 g/mol. The molecule has 0 aliphatic rings. The van der Waals surface area contributed by atoms with Gasteiger partial charge in [0.15, 0.2) is 5.65 Å². The van der Waals surface area contributed by atoms with Crippen molar-refractivity contribution in [1.29, 1.82) is 0 Å². The van der Waals surface area contributed by atoms with Crippen LogP contribution in [-0.4, -0.2) is 33.2 Å². The van der Waals surface area contributed by atoms with Gasteiger partial charge in [-0.15, -0.1) is 0 Å². The van der Waals surface area contributed by atoms with Crippen LogP contribution in [0.3, 0.4) is 0 Å². The Morgan fingerprint density at radius 1 is 1.22 bits per heavy atom. The van der Waals surface area contributed by atoms with E-state index in [-0.39, 0.29) is 25.1 Å². The number of esters is 1. The van der Waals surface area contributed by atoms with E-state index in [1.807, 2.05) is 48.9 Å². The molecule has 0 radical (unpaired) electrons. The van der Waals surface area contributed by atoms with Crippen molar-refractivity contribution >= 4 is 22.9 Å². The zero-order valence-electron chi connectivity index (χ0n) is 15.6. The number of pyridine rings is 1. The first kappa shape index (κ1) is 18.6. The maximum atomic E-state index is 12.4. The third-order valence-electron chi connectivity index (χ3n) is 4.13. The summed E-state index contributed by atoms with van der Waals surface area (Å²) in [7, 11) is 0. The van der Waals surface area contributed by atoms with Crippen molar-refractivity contribution in [3.63, 3.8) is 0 Å². The van der Waals surface area contributed by atoms with Crippen LogP contribution in [0.2, 0.25) is 0 Å². The molecule has 0 unspecified atom stereocenters. The van der Waals surface area contributed by atoms with Gasteiger partial charge in [0.1, 0.15) is 13.2 Å². The minimum Gasteiger partial charge on any atom is -0.460 e. The maximum Gasteiger partial charge on any atom is 0.325 e. The Hall–Kier alpha value is -3.22. The summed E-state index contributed by atoms with van der Waals surface area (Å²) in [5.41, 5.74) is 2.63. The predicted molar refractivity (Wildman–Crippen MR) is 101 cm³/mol. The van der Waals surface area contributed by atoms with E-state index in [2.05, 4.69) is 15.4 Å². The Morgan fingerprint density at radius 3 is 2.67 bits per heavy atom. The van der Waals surface area contributed by atoms with Gasteiger partial charge in [0.2, 0.25) is 0 Å². The molecule has 2 heterocycles. The predicted octanol–water partition coefficient (Wildman–Crippen LogP) is 2.79. The number of rotatable bonds is 6. The number of amides is 1. The number of fused-ring (bicyclic) bond motifs is 1. The zero-order valence-corrected chi connectivity index (χ0v) is 15.6. The van der Waals surface area contributed by atoms with Gasteiger partial charge in [-0.05, 0) is 32.4 Å². The van der Waals surface area contributed by atoms with Crippen LogP contribution in [0, 0.1) is 6.92 Å². The lowest BCUT2D eigenvalue weighted by molar-refractivity contribution is -0.143. The van der Waals surface area contributed by atoms with Crippen LogP contribution in [0.15, 0.2) is 42.6 Å². The molecular weight excluding hydrogens is 344 g/mol. The SMILES string of the molecule is Cc1nc2c(cnn2C(C)C)cc1C(=O)NCC(=O)OCc1ccccc1. The Bertz CT molecular complexity index is 964. The van der Waals surface area contributed by atoms with Gasteiger partial charge < -0.3 is 10.1 Å². The van der Waals surface area contributed by atoms with Gasteiger partial charge in [-0.2, -0.15) is 5.10 Å². The second kappa shape index (κ2) is 7.99. The van der Waals surface area contributed by atoms with Crippen molar-refractivity contribution in [2.24, 2.45) is 0 Å². The normalized spacial score (nSPS) is 11.0. The second-order valence-electron chi connectivity index (χ2n) is 6.55. The molecule has 0 bridgehead atoms. The van der Waals surface area contributed by atoms with Crippen LogP contribution in [0.1, 0.15) is 41.5 Å². The number of aryl methyl sites for hydroxylation is 1. The molecule has 0 saturated heterocycles. The molecule has 2 aromatic heterocycles. The Balaban J connectivity index is 1.62. The maximum absolute atomic E-state index is 12.4. The molecule has 1 aromatic carbocycles. The van der Waals surface area contributed by atoms with Crippen molar-refractivity contribution in [3.05, 3.63) is 59.4 Å². The van der Waals surface area contributed by atoms with Crippen molar-refractivity contribution in [2.45, 2.75) is 33.4 Å². The lowest BCUT2D eigenvalue weighted by Crippen LogP contribution is -2.31. The van der Waals surface area contributed by atoms with Crippen molar-refractivity contribution in [1.82, 2.24) is 20.1 Å². The van der Waals surface area contributed by atoms with Gasteiger partial charge in [0.25, 0.3) is 5.91 Å². The molecule has 0 spiro atoms. The molecule has 1 amide bonds. The molecule has 0 aliphatic heterocycles. The molecule has 140 valence electrons. The number of aromatic nitrogens is 3. The molecule has 3 rings (SSSR count). The summed E-state index contributed by atoms with van der Waals surface area (Å²) in [6.07, 6.45) is 1.69. The quantitative estimate of drug-likeness (QED) is 0.678. The van der Waals surface area contributed by atoms with Crippen LogP contribution in [0.4, 0.5) is 0 Å². The second-order valence-corrected chi connectivity index (χ2v) is 6.55. The number of carbonyl (C=O) groups excluding carboxylic acids is 2. The Morgan fingerprint density at radius 2 is 1.96 bits per heavy atom. The van der Waals surface area contributed by atoms with E-state index in [9.17, 15) is 9.59 Å². The first-order chi connectivity index (χ1) is 13.0. The topological polar surface area (TPSA) is 86.1 Å². The summed E-state index contributed by atoms with van der Waals surface area (Å²) in [6.45, 7) is 5.78. The van der Waals surface area contributed by atoms with E-state index < -0.39 is 5.97 Å². The van der Waals surface area contributed by atoms with E-state index in [1.165, 1.54) is 0 Å². The van der Waals surface area contributed by atoms with Gasteiger partial charge in [-0.25, -0.2) is 9.67 Å². The summed E-state index contributed by atoms with van der Waals surface area (Å²) in [4.78, 5) is 28.8. The minimum absolute atomic E-state index is 0.175. The van der Waals surface area contributed by atoms with Crippen molar-refractivity contribution < 1.29 is 14.3 Å². The van der Waals surface area contributed by atoms with Gasteiger partial charge in [0, 0.05) is 11.4 Å². The van der Waals surface area contributed by atoms with Gasteiger partial charge >= 0.3 is 5.97 Å². The summed E-state index contributed by atoms with van der Waals surface area (Å²) >= 11 is 0. The molecule has 27 heavy (non-hydrogen) atoms. The fourth-order valence-corrected chi connectivity index (χ4v) is 2.71. The molecule has 7 heteroatoms. The summed E-state index contributed by atoms with van der Waals surface area (Å²) in [5, 5.41) is 7.68. The van der Waals surface area contributed by atoms with E-state index in [4.69, 9.17) is 4.74 Å². The number of hydrogen-bond acceptors (Lipinski definition) is 5. The van der Waals surface area contributed by atoms with Crippen LogP contribution in [0.25, 0.3) is 11.0 Å². The van der Waals surface area contributed by atoms with Crippen LogP contribution in [-0.2, 0) is 16.1 Å². The highest BCUT2D eigenvalue weighted by Gasteiger charge is 2.16. The van der Waals surface area contributed by atoms with E-state index in [1.54, 1.807) is 19.2 Å². The molecule has 1 N–H and O–H groups in total. The summed E-state index contributed by atoms with van der Waals surface area (Å²) < 4.78 is 6.97. The largest absolute Gasteiger partial charge is 0.460 e. The van der Waals surface area contributed by atoms with Gasteiger partial charge in [-0.1, -0.05) is 30.3 Å². The molecular formula is C20H22N4O3. The average molecular weight is 366 g/mol. The number of nitrogens with one attached hydrogen (secondary N) is 1. The highest BCUT2D eigenvalue weighted by Crippen LogP contribution is 2.19. The third kappa shape index (κ3) is 4.31. The highest BCUT2D eigenvalue weighted by molar-refractivity contribution is 5.99. The number of benzene rings is 1. The van der Waals surface area contributed by atoms with E-state index in [0.29, 0.717) is 11.3 Å². The first-order valence-electron chi connectivity index (χ1n) is 8.78. The van der Waals surface area contributed by atoms with Crippen molar-refractivity contribution in [3.8, 4) is 0 Å². The van der Waals surface area contributed by atoms with E-state index >= 15 is 0 Å². The van der Waals surface area contributed by atoms with Crippen LogP contribution < -0.4 is 5.32 Å². The fraction of sp³-hybridized carbons (Fsp3) is 0.300. The smallest absolute Gasteiger partial charge is 0.325 e. The minimum atomic E-state index is -0.494. The van der Waals surface area contributed by atoms with Crippen LogP contribution in [0.5, 0.6) is 0 Å². The standard InChI is InChI=1S/C20H22N4O3/c1-13(2)24-19-16(10-22-24)9-17(14(3)23-19)20(26)21-11-18(25)27-12-15-7-5-4-6-8-15/h4-10,13H,11-12H2,1-3H3,(H,21,26). The molecule has 0 atom stereocenters. The first-order valence-corrected chi connectivity index (χ1v) is 8.78. The van der Waals surface area contributed by atoms with Gasteiger partial charge in [0.05, 0.1) is 17.5 Å².